The first kappa shape index (κ1) is 13.8. The van der Waals surface area contributed by atoms with Gasteiger partial charge in [-0.05, 0) is 0 Å². The first-order valence-corrected chi connectivity index (χ1v) is 6.55. The predicted molar refractivity (Wildman–Crippen MR) is 64.1 cm³/mol. The summed E-state index contributed by atoms with van der Waals surface area (Å²) in [6.07, 6.45) is -2.68. The summed E-state index contributed by atoms with van der Waals surface area (Å²) in [5, 5.41) is 28.5. The monoisotopic (exact) mass is 295 g/mol. The van der Waals surface area contributed by atoms with E-state index in [4.69, 9.17) is 16.3 Å². The zero-order valence-electron chi connectivity index (χ0n) is 9.03. The molecule has 2 heterocycles. The van der Waals surface area contributed by atoms with Gasteiger partial charge in [-0.2, -0.15) is 0 Å². The minimum atomic E-state index is -1.31. The second-order valence-electron chi connectivity index (χ2n) is 3.81. The van der Waals surface area contributed by atoms with Crippen LogP contribution in [0.3, 0.4) is 0 Å². The molecule has 8 heteroatoms. The fourth-order valence-electron chi connectivity index (χ4n) is 1.49. The second-order valence-corrected chi connectivity index (χ2v) is 5.30. The molecule has 0 aliphatic carbocycles. The topological polar surface area (TPSA) is 82.8 Å². The maximum atomic E-state index is 13.0. The molecule has 4 atom stereocenters. The molecule has 0 unspecified atom stereocenters. The van der Waals surface area contributed by atoms with E-state index in [1.807, 2.05) is 0 Å². The normalized spacial score (nSPS) is 32.3. The van der Waals surface area contributed by atoms with Crippen LogP contribution < -0.4 is 4.74 Å². The Morgan fingerprint density at radius 2 is 2.11 bits per heavy atom. The van der Waals surface area contributed by atoms with Gasteiger partial charge in [0.25, 0.3) is 0 Å². The van der Waals surface area contributed by atoms with E-state index in [2.05, 4.69) is 4.98 Å². The van der Waals surface area contributed by atoms with Crippen LogP contribution in [0.1, 0.15) is 0 Å². The number of aliphatic hydroxyl groups excluding tert-OH is 3. The summed E-state index contributed by atoms with van der Waals surface area (Å²) < 4.78 is 18.3. The molecular weight excluding hydrogens is 285 g/mol. The summed E-state index contributed by atoms with van der Waals surface area (Å²) in [5.74, 6) is -0.439. The fraction of sp³-hybridized carbons (Fsp3) is 0.500. The van der Waals surface area contributed by atoms with Crippen molar-refractivity contribution >= 4 is 23.4 Å². The Morgan fingerprint density at radius 1 is 1.39 bits per heavy atom. The number of halogens is 2. The van der Waals surface area contributed by atoms with E-state index in [1.165, 1.54) is 0 Å². The van der Waals surface area contributed by atoms with Crippen molar-refractivity contribution in [2.24, 2.45) is 0 Å². The molecule has 1 aliphatic heterocycles. The van der Waals surface area contributed by atoms with Gasteiger partial charge in [-0.3, -0.25) is 0 Å². The van der Waals surface area contributed by atoms with Gasteiger partial charge >= 0.3 is 0 Å². The van der Waals surface area contributed by atoms with Crippen LogP contribution in [0, 0.1) is 5.82 Å². The first-order valence-electron chi connectivity index (χ1n) is 5.12. The van der Waals surface area contributed by atoms with Gasteiger partial charge in [0.05, 0.1) is 12.3 Å². The molecular formula is C10H11ClFNO4S. The number of hydrogen-bond donors (Lipinski definition) is 3. The number of nitrogens with zero attached hydrogens (tertiary/aromatic N) is 1. The molecule has 1 aromatic heterocycles. The molecule has 0 saturated carbocycles. The van der Waals surface area contributed by atoms with Crippen LogP contribution in [0.15, 0.2) is 12.3 Å². The fourth-order valence-corrected chi connectivity index (χ4v) is 2.76. The van der Waals surface area contributed by atoms with Crippen molar-refractivity contribution in [2.45, 2.75) is 23.7 Å². The highest BCUT2D eigenvalue weighted by atomic mass is 35.5. The molecule has 3 N–H and O–H groups in total. The van der Waals surface area contributed by atoms with Crippen LogP contribution in [0.4, 0.5) is 4.39 Å². The highest BCUT2D eigenvalue weighted by Crippen LogP contribution is 2.31. The van der Waals surface area contributed by atoms with Gasteiger partial charge in [-0.25, -0.2) is 9.37 Å². The zero-order chi connectivity index (χ0) is 13.3. The lowest BCUT2D eigenvalue weighted by molar-refractivity contribution is -0.0786. The molecule has 0 radical (unpaired) electrons. The zero-order valence-corrected chi connectivity index (χ0v) is 10.6. The van der Waals surface area contributed by atoms with Crippen molar-refractivity contribution in [1.29, 1.82) is 0 Å². The molecule has 5 nitrogen and oxygen atoms in total. The van der Waals surface area contributed by atoms with Crippen LogP contribution in [0.5, 0.6) is 5.75 Å². The summed E-state index contributed by atoms with van der Waals surface area (Å²) in [5.41, 5.74) is -0.843. The van der Waals surface area contributed by atoms with Crippen LogP contribution in [-0.4, -0.2) is 49.8 Å². The van der Waals surface area contributed by atoms with Gasteiger partial charge in [0.1, 0.15) is 18.0 Å². The molecule has 1 aromatic rings. The number of aliphatic hydroxyl groups is 3. The van der Waals surface area contributed by atoms with Crippen LogP contribution in [0.2, 0.25) is 5.15 Å². The SMILES string of the molecule is O[C@@H]1[C@@H](O)[C@@H](Oc2cc(F)cnc2Cl)SC[C@H]1O. The van der Waals surface area contributed by atoms with Gasteiger partial charge in [-0.15, -0.1) is 11.8 Å². The first-order chi connectivity index (χ1) is 8.49. The number of hydrogen-bond acceptors (Lipinski definition) is 6. The molecule has 0 bridgehead atoms. The quantitative estimate of drug-likeness (QED) is 0.686. The summed E-state index contributed by atoms with van der Waals surface area (Å²) in [4.78, 5) is 3.57. The van der Waals surface area contributed by atoms with Crippen LogP contribution in [0.25, 0.3) is 0 Å². The lowest BCUT2D eigenvalue weighted by Crippen LogP contribution is -2.50. The molecule has 0 aromatic carbocycles. The second kappa shape index (κ2) is 5.58. The van der Waals surface area contributed by atoms with Crippen LogP contribution >= 0.6 is 23.4 Å². The third kappa shape index (κ3) is 2.86. The van der Waals surface area contributed by atoms with Gasteiger partial charge < -0.3 is 20.1 Å². The van der Waals surface area contributed by atoms with Crippen molar-refractivity contribution in [3.63, 3.8) is 0 Å². The lowest BCUT2D eigenvalue weighted by Gasteiger charge is -2.34. The Hall–Kier alpha value is -0.600. The number of thioether (sulfide) groups is 1. The van der Waals surface area contributed by atoms with Gasteiger partial charge in [0, 0.05) is 11.8 Å². The largest absolute Gasteiger partial charge is 0.474 e. The minimum Gasteiger partial charge on any atom is -0.474 e. The average Bonchev–Trinajstić information content (AvgIpc) is 2.34. The van der Waals surface area contributed by atoms with E-state index in [1.54, 1.807) is 0 Å². The number of rotatable bonds is 2. The Balaban J connectivity index is 2.11. The van der Waals surface area contributed by atoms with Gasteiger partial charge in [0.15, 0.2) is 16.3 Å². The Kier molecular flexibility index (Phi) is 4.29. The van der Waals surface area contributed by atoms with Crippen molar-refractivity contribution in [2.75, 3.05) is 5.75 Å². The molecule has 2 rings (SSSR count). The van der Waals surface area contributed by atoms with E-state index in [0.717, 1.165) is 24.0 Å². The lowest BCUT2D eigenvalue weighted by atomic mass is 10.1. The number of aromatic nitrogens is 1. The third-order valence-corrected chi connectivity index (χ3v) is 3.99. The van der Waals surface area contributed by atoms with Crippen molar-refractivity contribution in [3.05, 3.63) is 23.2 Å². The Labute approximate surface area is 112 Å². The summed E-state index contributed by atoms with van der Waals surface area (Å²) in [7, 11) is 0. The van der Waals surface area contributed by atoms with E-state index in [-0.39, 0.29) is 16.7 Å². The van der Waals surface area contributed by atoms with E-state index in [0.29, 0.717) is 0 Å². The number of pyridine rings is 1. The average molecular weight is 296 g/mol. The van der Waals surface area contributed by atoms with E-state index < -0.39 is 29.6 Å². The van der Waals surface area contributed by atoms with Crippen LogP contribution in [-0.2, 0) is 0 Å². The van der Waals surface area contributed by atoms with Gasteiger partial charge in [-0.1, -0.05) is 11.6 Å². The van der Waals surface area contributed by atoms with Gasteiger partial charge in [0.2, 0.25) is 0 Å². The predicted octanol–water partition coefficient (Wildman–Crippen LogP) is 0.408. The van der Waals surface area contributed by atoms with Crippen molar-refractivity contribution in [3.8, 4) is 5.75 Å². The summed E-state index contributed by atoms with van der Waals surface area (Å²) in [6, 6.07) is 1.04. The molecule has 1 aliphatic rings. The molecule has 18 heavy (non-hydrogen) atoms. The standard InChI is InChI=1S/C10H11ClFNO4S/c11-9-6(1-4(12)2-13-9)17-10-8(16)7(15)5(14)3-18-10/h1-2,5,7-8,10,14-16H,3H2/t5-,7+,8-,10+/m1/s1. The maximum Gasteiger partial charge on any atom is 0.173 e. The summed E-state index contributed by atoms with van der Waals surface area (Å²) >= 11 is 6.82. The molecule has 0 spiro atoms. The highest BCUT2D eigenvalue weighted by Gasteiger charge is 2.38. The molecule has 100 valence electrons. The molecule has 1 saturated heterocycles. The molecule has 1 fully saturated rings. The molecule has 0 amide bonds. The summed E-state index contributed by atoms with van der Waals surface area (Å²) in [6.45, 7) is 0. The van der Waals surface area contributed by atoms with Crippen molar-refractivity contribution in [1.82, 2.24) is 4.98 Å². The Morgan fingerprint density at radius 3 is 2.83 bits per heavy atom. The third-order valence-electron chi connectivity index (χ3n) is 2.47. The maximum absolute atomic E-state index is 13.0. The number of ether oxygens (including phenoxy) is 1. The van der Waals surface area contributed by atoms with Crippen molar-refractivity contribution < 1.29 is 24.4 Å². The smallest absolute Gasteiger partial charge is 0.173 e. The van der Waals surface area contributed by atoms with E-state index in [9.17, 15) is 19.7 Å². The van der Waals surface area contributed by atoms with E-state index >= 15 is 0 Å². The Bertz CT molecular complexity index is 438. The highest BCUT2D eigenvalue weighted by molar-refractivity contribution is 7.99. The minimum absolute atomic E-state index is 0.0168.